The van der Waals surface area contributed by atoms with Crippen LogP contribution in [0.4, 0.5) is 10.8 Å². The summed E-state index contributed by atoms with van der Waals surface area (Å²) in [7, 11) is 1.51. The number of carbonyl (C=O) groups is 2. The van der Waals surface area contributed by atoms with E-state index in [4.69, 9.17) is 9.15 Å². The number of carboxylic acids is 1. The van der Waals surface area contributed by atoms with Gasteiger partial charge in [0.25, 0.3) is 11.6 Å². The first-order valence-electron chi connectivity index (χ1n) is 9.17. The first-order chi connectivity index (χ1) is 15.8. The second kappa shape index (κ2) is 8.51. The number of carboxylic acid groups (broad SMARTS) is 1. The van der Waals surface area contributed by atoms with E-state index < -0.39 is 39.2 Å². The number of aromatic carboxylic acids is 1. The lowest BCUT2D eigenvalue weighted by atomic mass is 10.1. The molecule has 2 aromatic carbocycles. The molecule has 33 heavy (non-hydrogen) atoms. The van der Waals surface area contributed by atoms with E-state index in [2.05, 4.69) is 10.3 Å². The number of fused-ring (bicyclic) bond motifs is 1. The minimum atomic E-state index is -1.42. The number of nitrogens with zero attached hydrogens (tertiary/aromatic N) is 2. The summed E-state index contributed by atoms with van der Waals surface area (Å²) in [4.78, 5) is 51.0. The van der Waals surface area contributed by atoms with E-state index in [9.17, 15) is 29.6 Å². The molecule has 2 aromatic heterocycles. The number of benzene rings is 2. The van der Waals surface area contributed by atoms with Crippen molar-refractivity contribution in [2.24, 2.45) is 0 Å². The Morgan fingerprint density at radius 1 is 1.18 bits per heavy atom. The van der Waals surface area contributed by atoms with Gasteiger partial charge in [0.1, 0.15) is 11.3 Å². The number of amides is 1. The lowest BCUT2D eigenvalue weighted by Crippen LogP contribution is -2.16. The van der Waals surface area contributed by atoms with Crippen LogP contribution in [0.15, 0.2) is 57.1 Å². The molecule has 2 N–H and O–H groups in total. The van der Waals surface area contributed by atoms with Gasteiger partial charge < -0.3 is 14.3 Å². The fourth-order valence-electron chi connectivity index (χ4n) is 3.05. The van der Waals surface area contributed by atoms with Crippen LogP contribution in [0.2, 0.25) is 0 Å². The maximum Gasteiger partial charge on any atom is 0.345 e. The van der Waals surface area contributed by atoms with Crippen molar-refractivity contribution in [1.29, 1.82) is 0 Å². The third-order valence-corrected chi connectivity index (χ3v) is 5.39. The Morgan fingerprint density at radius 3 is 2.67 bits per heavy atom. The first kappa shape index (κ1) is 21.6. The highest BCUT2D eigenvalue weighted by atomic mass is 32.1. The first-order valence-corrected chi connectivity index (χ1v) is 10.1. The van der Waals surface area contributed by atoms with Gasteiger partial charge in [0.15, 0.2) is 5.13 Å². The van der Waals surface area contributed by atoms with Crippen LogP contribution in [-0.4, -0.2) is 34.0 Å². The van der Waals surface area contributed by atoms with Gasteiger partial charge in [-0.2, -0.15) is 0 Å². The fraction of sp³-hybridized carbons (Fsp3) is 0.0476. The molecule has 1 amide bonds. The quantitative estimate of drug-likeness (QED) is 0.244. The number of anilines is 1. The van der Waals surface area contributed by atoms with Gasteiger partial charge in [-0.15, -0.1) is 11.3 Å². The van der Waals surface area contributed by atoms with E-state index in [1.54, 1.807) is 24.3 Å². The second-order valence-electron chi connectivity index (χ2n) is 6.64. The van der Waals surface area contributed by atoms with Crippen LogP contribution in [0.25, 0.3) is 22.2 Å². The Bertz CT molecular complexity index is 1490. The Morgan fingerprint density at radius 2 is 1.97 bits per heavy atom. The zero-order valence-electron chi connectivity index (χ0n) is 16.7. The molecular formula is C21H13N3O8S. The molecule has 0 spiro atoms. The summed E-state index contributed by atoms with van der Waals surface area (Å²) in [5, 5.41) is 24.9. The van der Waals surface area contributed by atoms with Crippen LogP contribution in [-0.2, 0) is 0 Å². The van der Waals surface area contributed by atoms with Crippen LogP contribution in [0.5, 0.6) is 5.75 Å². The Hall–Kier alpha value is -4.58. The summed E-state index contributed by atoms with van der Waals surface area (Å²) >= 11 is 0.984. The molecule has 2 heterocycles. The highest BCUT2D eigenvalue weighted by molar-refractivity contribution is 7.14. The maximum absolute atomic E-state index is 12.6. The summed E-state index contributed by atoms with van der Waals surface area (Å²) in [5.74, 6) is -1.74. The highest BCUT2D eigenvalue weighted by Crippen LogP contribution is 2.28. The summed E-state index contributed by atoms with van der Waals surface area (Å²) < 4.78 is 10.5. The van der Waals surface area contributed by atoms with E-state index in [1.165, 1.54) is 12.5 Å². The van der Waals surface area contributed by atoms with Gasteiger partial charge in [0.2, 0.25) is 0 Å². The molecule has 12 heteroatoms. The van der Waals surface area contributed by atoms with Crippen LogP contribution < -0.4 is 15.7 Å². The molecule has 0 saturated heterocycles. The van der Waals surface area contributed by atoms with Gasteiger partial charge in [-0.3, -0.25) is 20.2 Å². The lowest BCUT2D eigenvalue weighted by molar-refractivity contribution is -0.384. The monoisotopic (exact) mass is 467 g/mol. The van der Waals surface area contributed by atoms with Gasteiger partial charge in [-0.25, -0.2) is 14.6 Å². The number of rotatable bonds is 6. The van der Waals surface area contributed by atoms with Crippen molar-refractivity contribution in [2.75, 3.05) is 12.4 Å². The number of nitro benzene ring substituents is 1. The number of hydrogen-bond acceptors (Lipinski definition) is 9. The Kier molecular flexibility index (Phi) is 5.58. The predicted molar refractivity (Wildman–Crippen MR) is 118 cm³/mol. The summed E-state index contributed by atoms with van der Waals surface area (Å²) in [6.45, 7) is 0. The number of thiazole rings is 1. The van der Waals surface area contributed by atoms with Crippen LogP contribution in [0.3, 0.4) is 0 Å². The summed E-state index contributed by atoms with van der Waals surface area (Å²) in [6, 6.07) is 9.37. The molecule has 0 saturated carbocycles. The summed E-state index contributed by atoms with van der Waals surface area (Å²) in [5.41, 5.74) is -1.14. The molecule has 0 aliphatic heterocycles. The van der Waals surface area contributed by atoms with Gasteiger partial charge >= 0.3 is 11.6 Å². The minimum Gasteiger partial charge on any atom is -0.497 e. The van der Waals surface area contributed by atoms with Gasteiger partial charge in [0.05, 0.1) is 34.4 Å². The van der Waals surface area contributed by atoms with Crippen molar-refractivity contribution >= 4 is 45.0 Å². The van der Waals surface area contributed by atoms with E-state index in [-0.39, 0.29) is 16.4 Å². The number of aromatic nitrogens is 1. The molecule has 0 radical (unpaired) electrons. The standard InChI is InChI=1S/C21H13N3O8S/c1-31-12-3-5-17-10(6-12)7-15(20(28)32-17)16-9-33-21(22-16)23-18(25)14-8-11(24(29)30)2-4-13(14)19(26)27/h2-9H,1H3,(H,26,27)(H,22,23,25). The smallest absolute Gasteiger partial charge is 0.345 e. The average Bonchev–Trinajstić information content (AvgIpc) is 3.25. The number of non-ortho nitro benzene ring substituents is 1. The van der Waals surface area contributed by atoms with Crippen molar-refractivity contribution in [3.63, 3.8) is 0 Å². The molecule has 0 aliphatic rings. The van der Waals surface area contributed by atoms with Crippen LogP contribution >= 0.6 is 11.3 Å². The van der Waals surface area contributed by atoms with Crippen molar-refractivity contribution in [1.82, 2.24) is 4.98 Å². The third kappa shape index (κ3) is 4.27. The average molecular weight is 467 g/mol. The van der Waals surface area contributed by atoms with Crippen LogP contribution in [0, 0.1) is 10.1 Å². The van der Waals surface area contributed by atoms with Crippen molar-refractivity contribution < 1.29 is 28.8 Å². The van der Waals surface area contributed by atoms with E-state index in [1.807, 2.05) is 0 Å². The number of ether oxygens (including phenoxy) is 1. The summed E-state index contributed by atoms with van der Waals surface area (Å²) in [6.07, 6.45) is 0. The second-order valence-corrected chi connectivity index (χ2v) is 7.49. The van der Waals surface area contributed by atoms with Gasteiger partial charge in [0, 0.05) is 22.9 Å². The minimum absolute atomic E-state index is 0.0583. The largest absolute Gasteiger partial charge is 0.497 e. The lowest BCUT2D eigenvalue weighted by Gasteiger charge is -2.06. The molecule has 4 aromatic rings. The molecule has 0 unspecified atom stereocenters. The molecule has 166 valence electrons. The molecular weight excluding hydrogens is 454 g/mol. The number of nitro groups is 1. The zero-order valence-corrected chi connectivity index (χ0v) is 17.5. The fourth-order valence-corrected chi connectivity index (χ4v) is 3.75. The number of carbonyl (C=O) groups excluding carboxylic acids is 1. The Balaban J connectivity index is 1.66. The molecule has 4 rings (SSSR count). The number of methoxy groups -OCH3 is 1. The molecule has 0 atom stereocenters. The van der Waals surface area contributed by atoms with Gasteiger partial charge in [-0.1, -0.05) is 0 Å². The van der Waals surface area contributed by atoms with Crippen molar-refractivity contribution in [3.8, 4) is 17.0 Å². The molecule has 11 nitrogen and oxygen atoms in total. The highest BCUT2D eigenvalue weighted by Gasteiger charge is 2.22. The predicted octanol–water partition coefficient (Wildman–Crippen LogP) is 3.78. The SMILES string of the molecule is COc1ccc2oc(=O)c(-c3csc(NC(=O)c4cc([N+](=O)[O-])ccc4C(=O)O)n3)cc2c1. The van der Waals surface area contributed by atoms with Crippen LogP contribution in [0.1, 0.15) is 20.7 Å². The number of hydrogen-bond donors (Lipinski definition) is 2. The van der Waals surface area contributed by atoms with E-state index in [0.717, 1.165) is 29.5 Å². The zero-order chi connectivity index (χ0) is 23.7. The Labute approximate surface area is 188 Å². The van der Waals surface area contributed by atoms with Crippen molar-refractivity contribution in [3.05, 3.63) is 79.5 Å². The normalized spacial score (nSPS) is 10.7. The third-order valence-electron chi connectivity index (χ3n) is 4.63. The topological polar surface area (TPSA) is 162 Å². The molecule has 0 bridgehead atoms. The molecule has 0 fully saturated rings. The van der Waals surface area contributed by atoms with Crippen molar-refractivity contribution in [2.45, 2.75) is 0 Å². The number of nitrogens with one attached hydrogen (secondary N) is 1. The maximum atomic E-state index is 12.6. The van der Waals surface area contributed by atoms with Gasteiger partial charge in [-0.05, 0) is 30.3 Å². The molecule has 0 aliphatic carbocycles. The van der Waals surface area contributed by atoms with E-state index in [0.29, 0.717) is 16.7 Å². The van der Waals surface area contributed by atoms with E-state index >= 15 is 0 Å².